The molecule has 4 heterocycles. The van der Waals surface area contributed by atoms with E-state index in [0.717, 1.165) is 73.5 Å². The fourth-order valence-electron chi connectivity index (χ4n) is 5.25. The molecule has 1 aromatic carbocycles. The number of nitrogens with one attached hydrogen (secondary N) is 1. The summed E-state index contributed by atoms with van der Waals surface area (Å²) in [7, 11) is 2.14. The number of nitrogens with zero attached hydrogens (tertiary/aromatic N) is 4. The van der Waals surface area contributed by atoms with E-state index in [1.54, 1.807) is 11.1 Å². The summed E-state index contributed by atoms with van der Waals surface area (Å²) in [4.78, 5) is 29.9. The number of hydrogen-bond acceptors (Lipinski definition) is 6. The van der Waals surface area contributed by atoms with Crippen LogP contribution in [0, 0.1) is 0 Å². The maximum absolute atomic E-state index is 13.0. The smallest absolute Gasteiger partial charge is 0.406 e. The fourth-order valence-corrected chi connectivity index (χ4v) is 5.25. The van der Waals surface area contributed by atoms with Crippen molar-refractivity contribution >= 4 is 22.8 Å². The van der Waals surface area contributed by atoms with E-state index in [0.29, 0.717) is 19.0 Å². The van der Waals surface area contributed by atoms with Crippen LogP contribution in [0.5, 0.6) is 5.75 Å². The number of H-pyrrole nitrogens is 1. The van der Waals surface area contributed by atoms with Gasteiger partial charge in [0.2, 0.25) is 0 Å². The lowest BCUT2D eigenvalue weighted by Gasteiger charge is -2.32. The van der Waals surface area contributed by atoms with Gasteiger partial charge in [0.1, 0.15) is 17.1 Å². The van der Waals surface area contributed by atoms with Gasteiger partial charge >= 0.3 is 6.36 Å². The van der Waals surface area contributed by atoms with Crippen molar-refractivity contribution in [2.24, 2.45) is 0 Å². The van der Waals surface area contributed by atoms with Gasteiger partial charge in [0.05, 0.1) is 5.56 Å². The normalized spacial score (nSPS) is 18.6. The highest BCUT2D eigenvalue weighted by Gasteiger charge is 2.32. The number of ether oxygens (including phenoxy) is 1. The Bertz CT molecular complexity index is 1240. The summed E-state index contributed by atoms with van der Waals surface area (Å²) in [6, 6.07) is 5.43. The van der Waals surface area contributed by atoms with Gasteiger partial charge in [0, 0.05) is 37.0 Å². The SMILES string of the molecule is CN1CCC(c2nc3c(C4CCN(C(=O)c5ccc(OC(F)(F)F)cc5N)CC4)ccnc3[nH]2)CC1. The van der Waals surface area contributed by atoms with Crippen molar-refractivity contribution in [3.8, 4) is 5.75 Å². The fraction of sp³-hybridized carbons (Fsp3) is 0.480. The first kappa shape index (κ1) is 24.4. The van der Waals surface area contributed by atoms with Gasteiger partial charge in [-0.1, -0.05) is 0 Å². The first-order chi connectivity index (χ1) is 17.2. The molecule has 8 nitrogen and oxygen atoms in total. The van der Waals surface area contributed by atoms with Crippen LogP contribution in [-0.4, -0.2) is 70.2 Å². The molecule has 2 saturated heterocycles. The second kappa shape index (κ2) is 9.61. The van der Waals surface area contributed by atoms with Gasteiger partial charge in [0.15, 0.2) is 5.65 Å². The average Bonchev–Trinajstić information content (AvgIpc) is 3.28. The highest BCUT2D eigenvalue weighted by atomic mass is 19.4. The molecule has 2 aliphatic heterocycles. The zero-order chi connectivity index (χ0) is 25.4. The Kier molecular flexibility index (Phi) is 6.50. The third-order valence-electron chi connectivity index (χ3n) is 7.25. The van der Waals surface area contributed by atoms with Crippen molar-refractivity contribution in [3.05, 3.63) is 47.4 Å². The maximum Gasteiger partial charge on any atom is 0.573 e. The number of likely N-dealkylation sites (tertiary alicyclic amines) is 2. The van der Waals surface area contributed by atoms with Gasteiger partial charge in [-0.3, -0.25) is 4.79 Å². The Hall–Kier alpha value is -3.34. The number of pyridine rings is 1. The van der Waals surface area contributed by atoms with Crippen LogP contribution in [0.3, 0.4) is 0 Å². The number of piperidine rings is 2. The number of nitrogens with two attached hydrogens (primary N) is 1. The minimum Gasteiger partial charge on any atom is -0.406 e. The van der Waals surface area contributed by atoms with Crippen molar-refractivity contribution in [1.29, 1.82) is 0 Å². The van der Waals surface area contributed by atoms with E-state index in [-0.39, 0.29) is 23.1 Å². The first-order valence-corrected chi connectivity index (χ1v) is 12.2. The Morgan fingerprint density at radius 1 is 1.08 bits per heavy atom. The number of alkyl halides is 3. The van der Waals surface area contributed by atoms with Crippen LogP contribution in [0.15, 0.2) is 30.5 Å². The minimum atomic E-state index is -4.82. The molecule has 0 atom stereocenters. The van der Waals surface area contributed by atoms with E-state index < -0.39 is 12.1 Å². The summed E-state index contributed by atoms with van der Waals surface area (Å²) in [5, 5.41) is 0. The molecule has 0 saturated carbocycles. The van der Waals surface area contributed by atoms with Crippen LogP contribution < -0.4 is 10.5 Å². The average molecular weight is 503 g/mol. The summed E-state index contributed by atoms with van der Waals surface area (Å²) >= 11 is 0. The number of imidazole rings is 1. The number of aromatic amines is 1. The summed E-state index contributed by atoms with van der Waals surface area (Å²) in [6.07, 6.45) is 0.613. The molecule has 3 N–H and O–H groups in total. The number of anilines is 1. The largest absolute Gasteiger partial charge is 0.573 e. The zero-order valence-corrected chi connectivity index (χ0v) is 20.0. The molecule has 192 valence electrons. The molecule has 0 spiro atoms. The summed E-state index contributed by atoms with van der Waals surface area (Å²) in [6.45, 7) is 3.13. The lowest BCUT2D eigenvalue weighted by molar-refractivity contribution is -0.274. The van der Waals surface area contributed by atoms with Crippen LogP contribution in [0.25, 0.3) is 11.2 Å². The van der Waals surface area contributed by atoms with Crippen LogP contribution >= 0.6 is 0 Å². The van der Waals surface area contributed by atoms with Gasteiger partial charge in [-0.05, 0) is 75.5 Å². The van der Waals surface area contributed by atoms with Crippen molar-refractivity contribution in [3.63, 3.8) is 0 Å². The molecule has 5 rings (SSSR count). The van der Waals surface area contributed by atoms with Crippen LogP contribution in [0.4, 0.5) is 18.9 Å². The molecule has 1 amide bonds. The third kappa shape index (κ3) is 5.11. The van der Waals surface area contributed by atoms with Gasteiger partial charge in [0.25, 0.3) is 5.91 Å². The molecule has 0 unspecified atom stereocenters. The molecule has 2 aromatic heterocycles. The van der Waals surface area contributed by atoms with Crippen LogP contribution in [0.2, 0.25) is 0 Å². The highest BCUT2D eigenvalue weighted by molar-refractivity contribution is 5.99. The monoisotopic (exact) mass is 502 g/mol. The molecular formula is C25H29F3N6O2. The summed E-state index contributed by atoms with van der Waals surface area (Å²) in [5.41, 5.74) is 8.85. The number of carbonyl (C=O) groups is 1. The van der Waals surface area contributed by atoms with Gasteiger partial charge in [-0.15, -0.1) is 13.2 Å². The molecule has 0 aliphatic carbocycles. The number of carbonyl (C=O) groups excluding carboxylic acids is 1. The summed E-state index contributed by atoms with van der Waals surface area (Å²) < 4.78 is 41.3. The van der Waals surface area contributed by atoms with Gasteiger partial charge in [-0.25, -0.2) is 9.97 Å². The lowest BCUT2D eigenvalue weighted by atomic mass is 9.89. The van der Waals surface area contributed by atoms with Crippen molar-refractivity contribution in [1.82, 2.24) is 24.8 Å². The second-order valence-electron chi connectivity index (χ2n) is 9.66. The Labute approximate surface area is 206 Å². The Balaban J connectivity index is 1.27. The number of halogens is 3. The number of fused-ring (bicyclic) bond motifs is 1. The Morgan fingerprint density at radius 3 is 2.44 bits per heavy atom. The lowest BCUT2D eigenvalue weighted by Crippen LogP contribution is -2.38. The van der Waals surface area contributed by atoms with E-state index >= 15 is 0 Å². The predicted octanol–water partition coefficient (Wildman–Crippen LogP) is 4.27. The van der Waals surface area contributed by atoms with E-state index in [9.17, 15) is 18.0 Å². The third-order valence-corrected chi connectivity index (χ3v) is 7.25. The molecular weight excluding hydrogens is 473 g/mol. The quantitative estimate of drug-likeness (QED) is 0.517. The first-order valence-electron chi connectivity index (χ1n) is 12.2. The highest BCUT2D eigenvalue weighted by Crippen LogP contribution is 2.35. The second-order valence-corrected chi connectivity index (χ2v) is 9.66. The minimum absolute atomic E-state index is 0.0438. The Morgan fingerprint density at radius 2 is 1.78 bits per heavy atom. The zero-order valence-electron chi connectivity index (χ0n) is 20.0. The maximum atomic E-state index is 13.0. The molecule has 3 aromatic rings. The molecule has 0 radical (unpaired) electrons. The standard InChI is InChI=1S/C25H29F3N6O2/c1-33-10-5-16(6-11-33)22-31-21-18(4-9-30-23(21)32-22)15-7-12-34(13-8-15)24(35)19-3-2-17(14-20(19)29)36-25(26,27)28/h2-4,9,14-16H,5-8,10-13,29H2,1H3,(H,30,31,32). The van der Waals surface area contributed by atoms with Crippen LogP contribution in [0.1, 0.15) is 59.3 Å². The summed E-state index contributed by atoms with van der Waals surface area (Å²) in [5.74, 6) is 0.887. The van der Waals surface area contributed by atoms with Crippen molar-refractivity contribution in [2.75, 3.05) is 39.0 Å². The topological polar surface area (TPSA) is 100 Å². The number of benzene rings is 1. The predicted molar refractivity (Wildman–Crippen MR) is 129 cm³/mol. The number of aromatic nitrogens is 3. The molecule has 0 bridgehead atoms. The molecule has 36 heavy (non-hydrogen) atoms. The number of amides is 1. The van der Waals surface area contributed by atoms with Crippen molar-refractivity contribution < 1.29 is 22.7 Å². The van der Waals surface area contributed by atoms with Crippen molar-refractivity contribution in [2.45, 2.75) is 43.9 Å². The number of nitrogen functional groups attached to an aromatic ring is 1. The van der Waals surface area contributed by atoms with E-state index in [1.165, 1.54) is 6.07 Å². The molecule has 2 fully saturated rings. The van der Waals surface area contributed by atoms with E-state index in [2.05, 4.69) is 26.7 Å². The number of hydrogen-bond donors (Lipinski definition) is 2. The van der Waals surface area contributed by atoms with E-state index in [1.807, 2.05) is 6.07 Å². The van der Waals surface area contributed by atoms with Crippen LogP contribution in [-0.2, 0) is 0 Å². The molecule has 2 aliphatic rings. The number of rotatable bonds is 4. The van der Waals surface area contributed by atoms with E-state index in [4.69, 9.17) is 10.7 Å². The van der Waals surface area contributed by atoms with Gasteiger partial charge in [-0.2, -0.15) is 0 Å². The molecule has 11 heteroatoms. The van der Waals surface area contributed by atoms with Gasteiger partial charge < -0.3 is 25.3 Å².